The van der Waals surface area contributed by atoms with Crippen LogP contribution in [-0.2, 0) is 13.1 Å². The lowest BCUT2D eigenvalue weighted by Gasteiger charge is -2.27. The van der Waals surface area contributed by atoms with E-state index in [1.807, 2.05) is 12.4 Å². The third-order valence-electron chi connectivity index (χ3n) is 2.62. The van der Waals surface area contributed by atoms with E-state index in [0.717, 1.165) is 38.4 Å². The molecule has 0 aromatic carbocycles. The lowest BCUT2D eigenvalue weighted by molar-refractivity contribution is 0.216. The summed E-state index contributed by atoms with van der Waals surface area (Å²) in [5.74, 6) is 1.13. The summed E-state index contributed by atoms with van der Waals surface area (Å²) >= 11 is 0. The minimum atomic E-state index is 0.585. The zero-order chi connectivity index (χ0) is 10.5. The van der Waals surface area contributed by atoms with Crippen LogP contribution in [0, 0.1) is 0 Å². The number of hydrogen-bond acceptors (Lipinski definition) is 3. The molecule has 0 atom stereocenters. The van der Waals surface area contributed by atoms with E-state index in [9.17, 15) is 0 Å². The fraction of sp³-hybridized carbons (Fsp3) is 0.667. The maximum atomic E-state index is 8.14. The Morgan fingerprint density at radius 1 is 1.53 bits per heavy atom. The average molecular weight is 206 g/mol. The van der Waals surface area contributed by atoms with Gasteiger partial charge in [0.25, 0.3) is 0 Å². The maximum Gasteiger partial charge on any atom is 0.122 e. The van der Waals surface area contributed by atoms with Gasteiger partial charge in [-0.05, 0) is 18.5 Å². The van der Waals surface area contributed by atoms with E-state index in [-0.39, 0.29) is 0 Å². The van der Waals surface area contributed by atoms with Gasteiger partial charge in [0.05, 0.1) is 6.54 Å². The van der Waals surface area contributed by atoms with Crippen molar-refractivity contribution >= 4 is 0 Å². The first kappa shape index (κ1) is 10.0. The zero-order valence-electron chi connectivity index (χ0n) is 8.58. The van der Waals surface area contributed by atoms with Crippen LogP contribution in [0.15, 0.2) is 17.5 Å². The molecule has 1 aliphatic heterocycles. The Morgan fingerprint density at radius 3 is 3.33 bits per heavy atom. The predicted octanol–water partition coefficient (Wildman–Crippen LogP) is 1.40. The standard InChI is InChI=1S/C9H14N6/c10-13-12-2-1-4-14-6-7-15-5-3-11-9(15)8-14/h3,5H,1-2,4,6-8H2. The molecule has 15 heavy (non-hydrogen) atoms. The normalized spacial score (nSPS) is 15.7. The number of imidazole rings is 1. The molecular formula is C9H14N6. The Hall–Kier alpha value is -1.52. The van der Waals surface area contributed by atoms with Crippen molar-refractivity contribution in [3.63, 3.8) is 0 Å². The van der Waals surface area contributed by atoms with Gasteiger partial charge in [0.15, 0.2) is 0 Å². The molecule has 6 heteroatoms. The van der Waals surface area contributed by atoms with Gasteiger partial charge in [-0.1, -0.05) is 5.11 Å². The summed E-state index contributed by atoms with van der Waals surface area (Å²) in [7, 11) is 0. The second kappa shape index (κ2) is 4.82. The lowest BCUT2D eigenvalue weighted by Crippen LogP contribution is -2.34. The molecule has 0 unspecified atom stereocenters. The minimum absolute atomic E-state index is 0.585. The number of fused-ring (bicyclic) bond motifs is 1. The topological polar surface area (TPSA) is 69.8 Å². The van der Waals surface area contributed by atoms with E-state index in [0.29, 0.717) is 6.54 Å². The molecule has 1 aromatic rings. The van der Waals surface area contributed by atoms with Crippen LogP contribution in [0.2, 0.25) is 0 Å². The first-order chi connectivity index (χ1) is 7.40. The Balaban J connectivity index is 1.80. The largest absolute Gasteiger partial charge is 0.333 e. The van der Waals surface area contributed by atoms with E-state index < -0.39 is 0 Å². The van der Waals surface area contributed by atoms with Gasteiger partial charge in [0, 0.05) is 36.9 Å². The molecular weight excluding hydrogens is 192 g/mol. The minimum Gasteiger partial charge on any atom is -0.333 e. The summed E-state index contributed by atoms with van der Waals surface area (Å²) in [6.45, 7) is 4.53. The van der Waals surface area contributed by atoms with Gasteiger partial charge in [-0.3, -0.25) is 4.90 Å². The van der Waals surface area contributed by atoms with E-state index in [4.69, 9.17) is 5.53 Å². The van der Waals surface area contributed by atoms with Crippen LogP contribution >= 0.6 is 0 Å². The molecule has 2 heterocycles. The molecule has 1 aromatic heterocycles. The predicted molar refractivity (Wildman–Crippen MR) is 56.1 cm³/mol. The van der Waals surface area contributed by atoms with Crippen LogP contribution in [0.5, 0.6) is 0 Å². The molecule has 0 bridgehead atoms. The second-order valence-corrected chi connectivity index (χ2v) is 3.62. The van der Waals surface area contributed by atoms with Gasteiger partial charge in [-0.2, -0.15) is 0 Å². The van der Waals surface area contributed by atoms with Crippen LogP contribution in [0.1, 0.15) is 12.2 Å². The fourth-order valence-electron chi connectivity index (χ4n) is 1.82. The zero-order valence-corrected chi connectivity index (χ0v) is 8.58. The monoisotopic (exact) mass is 206 g/mol. The highest BCUT2D eigenvalue weighted by Crippen LogP contribution is 2.09. The van der Waals surface area contributed by atoms with Crippen molar-refractivity contribution < 1.29 is 0 Å². The first-order valence-electron chi connectivity index (χ1n) is 5.13. The maximum absolute atomic E-state index is 8.14. The van der Waals surface area contributed by atoms with Crippen molar-refractivity contribution in [2.24, 2.45) is 5.11 Å². The van der Waals surface area contributed by atoms with Crippen molar-refractivity contribution in [3.8, 4) is 0 Å². The molecule has 0 N–H and O–H groups in total. The smallest absolute Gasteiger partial charge is 0.122 e. The highest BCUT2D eigenvalue weighted by atomic mass is 15.2. The Bertz CT molecular complexity index is 364. The summed E-state index contributed by atoms with van der Waals surface area (Å²) in [6.07, 6.45) is 4.79. The van der Waals surface area contributed by atoms with Crippen LogP contribution in [0.25, 0.3) is 10.4 Å². The number of nitrogens with zero attached hydrogens (tertiary/aromatic N) is 6. The average Bonchev–Trinajstić information content (AvgIpc) is 2.71. The van der Waals surface area contributed by atoms with Gasteiger partial charge >= 0.3 is 0 Å². The lowest BCUT2D eigenvalue weighted by atomic mass is 10.3. The van der Waals surface area contributed by atoms with E-state index in [1.54, 1.807) is 0 Å². The highest BCUT2D eigenvalue weighted by Gasteiger charge is 2.15. The van der Waals surface area contributed by atoms with Gasteiger partial charge in [-0.25, -0.2) is 4.98 Å². The molecule has 0 aliphatic carbocycles. The molecule has 0 spiro atoms. The number of rotatable bonds is 4. The van der Waals surface area contributed by atoms with Gasteiger partial charge in [0.1, 0.15) is 5.82 Å². The van der Waals surface area contributed by atoms with Gasteiger partial charge in [-0.15, -0.1) is 0 Å². The molecule has 1 aliphatic rings. The first-order valence-corrected chi connectivity index (χ1v) is 5.13. The molecule has 0 saturated heterocycles. The number of azide groups is 1. The van der Waals surface area contributed by atoms with E-state index in [1.165, 1.54) is 0 Å². The third kappa shape index (κ3) is 2.49. The fourth-order valence-corrected chi connectivity index (χ4v) is 1.82. The van der Waals surface area contributed by atoms with Crippen molar-refractivity contribution in [3.05, 3.63) is 28.7 Å². The Morgan fingerprint density at radius 2 is 2.47 bits per heavy atom. The molecule has 6 nitrogen and oxygen atoms in total. The van der Waals surface area contributed by atoms with Crippen LogP contribution < -0.4 is 0 Å². The molecule has 80 valence electrons. The molecule has 0 radical (unpaired) electrons. The Kier molecular flexibility index (Phi) is 3.22. The quantitative estimate of drug-likeness (QED) is 0.323. The third-order valence-corrected chi connectivity index (χ3v) is 2.62. The van der Waals surface area contributed by atoms with Crippen LogP contribution in [0.4, 0.5) is 0 Å². The summed E-state index contributed by atoms with van der Waals surface area (Å²) in [5.41, 5.74) is 8.14. The van der Waals surface area contributed by atoms with Crippen LogP contribution in [0.3, 0.4) is 0 Å². The Labute approximate surface area is 88.1 Å². The summed E-state index contributed by atoms with van der Waals surface area (Å²) in [5, 5.41) is 3.52. The summed E-state index contributed by atoms with van der Waals surface area (Å²) in [4.78, 5) is 9.37. The van der Waals surface area contributed by atoms with Crippen molar-refractivity contribution in [2.45, 2.75) is 19.5 Å². The van der Waals surface area contributed by atoms with Gasteiger partial charge in [0.2, 0.25) is 0 Å². The number of hydrogen-bond donors (Lipinski definition) is 0. The van der Waals surface area contributed by atoms with E-state index in [2.05, 4.69) is 24.5 Å². The molecule has 2 rings (SSSR count). The molecule has 0 fully saturated rings. The van der Waals surface area contributed by atoms with Crippen LogP contribution in [-0.4, -0.2) is 34.1 Å². The summed E-state index contributed by atoms with van der Waals surface area (Å²) < 4.78 is 2.18. The van der Waals surface area contributed by atoms with Gasteiger partial charge < -0.3 is 4.57 Å². The molecule has 0 amide bonds. The number of aromatic nitrogens is 2. The highest BCUT2D eigenvalue weighted by molar-refractivity contribution is 4.95. The van der Waals surface area contributed by atoms with Crippen molar-refractivity contribution in [1.29, 1.82) is 0 Å². The SMILES string of the molecule is [N-]=[N+]=NCCCN1CCn2ccnc2C1. The summed E-state index contributed by atoms with van der Waals surface area (Å²) in [6, 6.07) is 0. The van der Waals surface area contributed by atoms with E-state index >= 15 is 0 Å². The molecule has 0 saturated carbocycles. The van der Waals surface area contributed by atoms with Crippen molar-refractivity contribution in [2.75, 3.05) is 19.6 Å². The second-order valence-electron chi connectivity index (χ2n) is 3.62. The van der Waals surface area contributed by atoms with Crippen molar-refractivity contribution in [1.82, 2.24) is 14.5 Å².